The van der Waals surface area contributed by atoms with Gasteiger partial charge in [-0.15, -0.1) is 0 Å². The number of thioether (sulfide) groups is 1. The van der Waals surface area contributed by atoms with Crippen LogP contribution in [0.15, 0.2) is 64.2 Å². The highest BCUT2D eigenvalue weighted by Gasteiger charge is 2.32. The first kappa shape index (κ1) is 65.6. The number of rotatable bonds is 23. The van der Waals surface area contributed by atoms with E-state index >= 15 is 0 Å². The molecule has 438 valence electrons. The number of nitrogens with one attached hydrogen (secondary N) is 4. The van der Waals surface area contributed by atoms with Gasteiger partial charge in [-0.25, -0.2) is 38.7 Å². The maximum Gasteiger partial charge on any atom is 0.408 e. The predicted octanol–water partition coefficient (Wildman–Crippen LogP) is 9.91. The normalized spacial score (nSPS) is 12.7. The fraction of sp³-hybridized carbons (Fsp3) is 0.500. The molecular formula is C56H72ClN9O14S. The number of anilines is 1. The number of oxazole rings is 1. The molecule has 0 aliphatic carbocycles. The van der Waals surface area contributed by atoms with Crippen molar-refractivity contribution in [3.05, 3.63) is 76.6 Å². The number of nitriles is 2. The minimum absolute atomic E-state index is 0.0428. The fourth-order valence-corrected chi connectivity index (χ4v) is 7.99. The van der Waals surface area contributed by atoms with E-state index in [0.717, 1.165) is 0 Å². The molecule has 4 aromatic rings. The Morgan fingerprint density at radius 2 is 1.14 bits per heavy atom. The minimum atomic E-state index is -1.39. The number of nitrogen functional groups attached to an aromatic ring is 1. The Hall–Kier alpha value is -7.96. The monoisotopic (exact) mass is 1160 g/mol. The lowest BCUT2D eigenvalue weighted by Crippen LogP contribution is -2.47. The summed E-state index contributed by atoms with van der Waals surface area (Å²) in [6, 6.07) is 14.7. The third-order valence-corrected chi connectivity index (χ3v) is 11.6. The maximum absolute atomic E-state index is 14.1. The molecule has 0 saturated heterocycles. The summed E-state index contributed by atoms with van der Waals surface area (Å²) in [5.41, 5.74) is 4.80. The first-order chi connectivity index (χ1) is 37.8. The zero-order valence-electron chi connectivity index (χ0n) is 47.7. The van der Waals surface area contributed by atoms with Crippen LogP contribution in [-0.4, -0.2) is 113 Å². The van der Waals surface area contributed by atoms with Crippen LogP contribution in [0.5, 0.6) is 5.75 Å². The van der Waals surface area contributed by atoms with Crippen molar-refractivity contribution < 1.29 is 66.3 Å². The average molecular weight is 1160 g/mol. The number of alkyl carbamates (subject to hydrolysis) is 4. The van der Waals surface area contributed by atoms with Crippen LogP contribution in [0, 0.1) is 22.7 Å². The Kier molecular flexibility index (Phi) is 23.9. The first-order valence-electron chi connectivity index (χ1n) is 25.8. The Labute approximate surface area is 480 Å². The van der Waals surface area contributed by atoms with E-state index < -0.39 is 90.1 Å². The van der Waals surface area contributed by atoms with Crippen LogP contribution in [0.4, 0.5) is 25.0 Å². The van der Waals surface area contributed by atoms with Gasteiger partial charge in [0, 0.05) is 35.0 Å². The third-order valence-electron chi connectivity index (χ3n) is 10.3. The molecule has 3 atom stereocenters. The van der Waals surface area contributed by atoms with Crippen LogP contribution < -0.4 is 31.7 Å². The van der Waals surface area contributed by atoms with Gasteiger partial charge in [0.05, 0.1) is 11.3 Å². The van der Waals surface area contributed by atoms with Crippen molar-refractivity contribution in [1.82, 2.24) is 31.2 Å². The molecule has 81 heavy (non-hydrogen) atoms. The number of amides is 4. The molecule has 4 rings (SSSR count). The van der Waals surface area contributed by atoms with E-state index in [-0.39, 0.29) is 77.8 Å². The number of hydrogen-bond acceptors (Lipinski definition) is 20. The summed E-state index contributed by atoms with van der Waals surface area (Å²) in [5.74, 6) is -1.27. The summed E-state index contributed by atoms with van der Waals surface area (Å²) < 4.78 is 44.8. The van der Waals surface area contributed by atoms with Crippen LogP contribution in [0.25, 0.3) is 22.6 Å². The van der Waals surface area contributed by atoms with Crippen LogP contribution >= 0.6 is 23.4 Å². The molecule has 23 nitrogen and oxygen atoms in total. The van der Waals surface area contributed by atoms with Gasteiger partial charge < -0.3 is 64.6 Å². The fourth-order valence-electron chi connectivity index (χ4n) is 7.00. The third kappa shape index (κ3) is 23.7. The molecule has 0 spiro atoms. The Morgan fingerprint density at radius 3 is 1.63 bits per heavy atom. The Bertz CT molecular complexity index is 2900. The molecule has 6 N–H and O–H groups in total. The Morgan fingerprint density at radius 1 is 0.654 bits per heavy atom. The van der Waals surface area contributed by atoms with Crippen molar-refractivity contribution in [3.8, 4) is 40.5 Å². The van der Waals surface area contributed by atoms with Crippen molar-refractivity contribution in [2.45, 2.75) is 160 Å². The van der Waals surface area contributed by atoms with Crippen LogP contribution in [0.1, 0.15) is 126 Å². The number of hydrogen-bond donors (Lipinski definition) is 5. The molecule has 0 saturated carbocycles. The number of carbonyl (C=O) groups is 6. The van der Waals surface area contributed by atoms with Crippen molar-refractivity contribution in [1.29, 1.82) is 10.5 Å². The van der Waals surface area contributed by atoms with Gasteiger partial charge >= 0.3 is 36.3 Å². The zero-order valence-corrected chi connectivity index (χ0v) is 49.2. The SMILES string of the molecule is CC(C)(C)OC(=O)NCCCC(NC(=O)OC(C)(C)C)C(=O)OCC(COc1ccc(-c2c(C#N)c(N)nc(SCc3coc(-c4ccc(Cl)cc4)n3)c2C#N)cc1)OC(=O)C(CCCNC(=O)OC(C)(C)C)NC(=O)OC(C)(C)C. The molecule has 0 aliphatic rings. The van der Waals surface area contributed by atoms with Crippen molar-refractivity contribution in [3.63, 3.8) is 0 Å². The van der Waals surface area contributed by atoms with Gasteiger partial charge in [0.15, 0.2) is 6.10 Å². The minimum Gasteiger partial charge on any atom is -0.490 e. The highest BCUT2D eigenvalue weighted by atomic mass is 35.5. The molecule has 25 heteroatoms. The second kappa shape index (κ2) is 29.5. The lowest BCUT2D eigenvalue weighted by Gasteiger charge is -2.26. The second-order valence-electron chi connectivity index (χ2n) is 22.2. The van der Waals surface area contributed by atoms with Crippen LogP contribution in [0.2, 0.25) is 5.02 Å². The second-order valence-corrected chi connectivity index (χ2v) is 23.6. The number of benzene rings is 2. The summed E-state index contributed by atoms with van der Waals surface area (Å²) in [7, 11) is 0. The molecule has 4 amide bonds. The van der Waals surface area contributed by atoms with E-state index in [1.165, 1.54) is 30.2 Å². The summed E-state index contributed by atoms with van der Waals surface area (Å²) in [6.45, 7) is 19.0. The predicted molar refractivity (Wildman–Crippen MR) is 300 cm³/mol. The lowest BCUT2D eigenvalue weighted by atomic mass is 9.97. The van der Waals surface area contributed by atoms with E-state index in [0.29, 0.717) is 27.7 Å². The maximum atomic E-state index is 14.1. The van der Waals surface area contributed by atoms with E-state index in [1.54, 1.807) is 119 Å². The summed E-state index contributed by atoms with van der Waals surface area (Å²) in [5, 5.41) is 31.8. The van der Waals surface area contributed by atoms with Crippen molar-refractivity contribution in [2.24, 2.45) is 0 Å². The van der Waals surface area contributed by atoms with Gasteiger partial charge in [0.1, 0.15) is 88.3 Å². The van der Waals surface area contributed by atoms with Gasteiger partial charge in [0.2, 0.25) is 5.89 Å². The van der Waals surface area contributed by atoms with Gasteiger partial charge in [-0.3, -0.25) is 0 Å². The van der Waals surface area contributed by atoms with Gasteiger partial charge in [-0.2, -0.15) is 10.5 Å². The molecule has 0 fully saturated rings. The number of carbonyl (C=O) groups excluding carboxylic acids is 6. The number of esters is 2. The standard InChI is InChI=1S/C56H72ClN9O14S/c1-53(2,3)77-49(69)61-25-13-15-41(64-51(71)79-55(7,8)9)47(67)75-31-38(76-48(68)42(65-52(72)80-56(10,11)12)16-14-26-62-50(70)78-54(4,5)6)30-73-37-23-19-33(20-24-37)43-39(27-58)44(60)66-46(40(43)28-59)81-32-36-29-74-45(63-36)34-17-21-35(57)22-18-34/h17-24,29,38,41-42H,13-16,25-26,30-32H2,1-12H3,(H2,60,66)(H,61,69)(H,62,70)(H,64,71)(H,65,72). The summed E-state index contributed by atoms with van der Waals surface area (Å²) in [6.07, 6.45) is -2.95. The first-order valence-corrected chi connectivity index (χ1v) is 27.2. The average Bonchev–Trinajstić information content (AvgIpc) is 3.94. The highest BCUT2D eigenvalue weighted by molar-refractivity contribution is 7.98. The molecule has 2 heterocycles. The van der Waals surface area contributed by atoms with Crippen LogP contribution in [-0.2, 0) is 43.8 Å². The number of halogens is 1. The number of nitrogens with zero attached hydrogens (tertiary/aromatic N) is 4. The van der Waals surface area contributed by atoms with Crippen LogP contribution in [0.3, 0.4) is 0 Å². The molecule has 3 unspecified atom stereocenters. The van der Waals surface area contributed by atoms with Crippen molar-refractivity contribution >= 4 is 65.5 Å². The molecule has 0 bridgehead atoms. The molecule has 0 aliphatic heterocycles. The van der Waals surface area contributed by atoms with E-state index in [4.69, 9.17) is 54.9 Å². The van der Waals surface area contributed by atoms with Crippen molar-refractivity contribution in [2.75, 3.05) is 32.0 Å². The van der Waals surface area contributed by atoms with E-state index in [9.17, 15) is 39.3 Å². The topological polar surface area (TPSA) is 328 Å². The van der Waals surface area contributed by atoms with Gasteiger partial charge in [-0.1, -0.05) is 35.5 Å². The van der Waals surface area contributed by atoms with E-state index in [1.807, 2.05) is 0 Å². The molecule has 2 aromatic carbocycles. The number of nitrogens with two attached hydrogens (primary N) is 1. The summed E-state index contributed by atoms with van der Waals surface area (Å²) >= 11 is 7.20. The summed E-state index contributed by atoms with van der Waals surface area (Å²) in [4.78, 5) is 87.7. The highest BCUT2D eigenvalue weighted by Crippen LogP contribution is 2.37. The van der Waals surface area contributed by atoms with Gasteiger partial charge in [0.25, 0.3) is 0 Å². The number of ether oxygens (including phenoxy) is 7. The number of pyridine rings is 1. The smallest absolute Gasteiger partial charge is 0.408 e. The number of aromatic nitrogens is 2. The van der Waals surface area contributed by atoms with E-state index in [2.05, 4.69) is 43.4 Å². The lowest BCUT2D eigenvalue weighted by molar-refractivity contribution is -0.163. The molecule has 0 radical (unpaired) electrons. The molecular weight excluding hydrogens is 1090 g/mol. The zero-order chi connectivity index (χ0) is 60.3. The Balaban J connectivity index is 1.61. The largest absolute Gasteiger partial charge is 0.490 e. The molecule has 2 aromatic heterocycles. The van der Waals surface area contributed by atoms with Gasteiger partial charge in [-0.05, 0) is 151 Å². The quantitative estimate of drug-likeness (QED) is 0.0199.